The average molecular weight is 250 g/mol. The van der Waals surface area contributed by atoms with Gasteiger partial charge in [-0.2, -0.15) is 0 Å². The van der Waals surface area contributed by atoms with Gasteiger partial charge in [0.25, 0.3) is 0 Å². The van der Waals surface area contributed by atoms with E-state index in [0.717, 1.165) is 19.3 Å². The van der Waals surface area contributed by atoms with Gasteiger partial charge in [-0.25, -0.2) is 4.79 Å². The van der Waals surface area contributed by atoms with Crippen molar-refractivity contribution in [2.45, 2.75) is 52.0 Å². The maximum absolute atomic E-state index is 12.6. The van der Waals surface area contributed by atoms with Gasteiger partial charge in [-0.1, -0.05) is 26.7 Å². The first-order valence-electron chi connectivity index (χ1n) is 6.58. The zero-order chi connectivity index (χ0) is 13.1. The van der Waals surface area contributed by atoms with E-state index in [1.165, 1.54) is 4.90 Å². The molecule has 2 saturated carbocycles. The van der Waals surface area contributed by atoms with Crippen molar-refractivity contribution in [3.63, 3.8) is 0 Å². The minimum absolute atomic E-state index is 0.00676. The fourth-order valence-corrected chi connectivity index (χ4v) is 3.28. The van der Waals surface area contributed by atoms with Gasteiger partial charge in [-0.3, -0.25) is 19.8 Å². The molecule has 1 spiro atoms. The number of amides is 4. The third-order valence-electron chi connectivity index (χ3n) is 4.73. The van der Waals surface area contributed by atoms with Gasteiger partial charge in [0.15, 0.2) is 0 Å². The van der Waals surface area contributed by atoms with Crippen molar-refractivity contribution in [2.75, 3.05) is 0 Å². The van der Waals surface area contributed by atoms with Gasteiger partial charge in [-0.15, -0.1) is 0 Å². The van der Waals surface area contributed by atoms with Crippen LogP contribution in [0.25, 0.3) is 0 Å². The normalized spacial score (nSPS) is 32.9. The van der Waals surface area contributed by atoms with E-state index in [4.69, 9.17) is 0 Å². The fourth-order valence-electron chi connectivity index (χ4n) is 3.28. The summed E-state index contributed by atoms with van der Waals surface area (Å²) in [6.07, 6.45) is 3.75. The number of imide groups is 2. The summed E-state index contributed by atoms with van der Waals surface area (Å²) in [6.45, 7) is 4.08. The first kappa shape index (κ1) is 11.7. The van der Waals surface area contributed by atoms with Crippen LogP contribution in [0.2, 0.25) is 0 Å². The molecule has 1 saturated heterocycles. The summed E-state index contributed by atoms with van der Waals surface area (Å²) in [7, 11) is 0. The molecular weight excluding hydrogens is 232 g/mol. The molecule has 5 nitrogen and oxygen atoms in total. The third kappa shape index (κ3) is 1.36. The van der Waals surface area contributed by atoms with E-state index in [0.29, 0.717) is 12.8 Å². The summed E-state index contributed by atoms with van der Waals surface area (Å²) in [4.78, 5) is 37.8. The molecule has 3 rings (SSSR count). The van der Waals surface area contributed by atoms with Crippen molar-refractivity contribution < 1.29 is 14.4 Å². The Morgan fingerprint density at radius 2 is 1.72 bits per heavy atom. The molecule has 3 aliphatic rings. The minimum atomic E-state index is -0.952. The lowest BCUT2D eigenvalue weighted by Crippen LogP contribution is -2.64. The molecule has 1 N–H and O–H groups in total. The Balaban J connectivity index is 1.94. The van der Waals surface area contributed by atoms with Crippen molar-refractivity contribution in [3.8, 4) is 0 Å². The predicted octanol–water partition coefficient (Wildman–Crippen LogP) is 1.42. The lowest BCUT2D eigenvalue weighted by molar-refractivity contribution is -0.151. The number of nitrogens with one attached hydrogen (secondary N) is 1. The Bertz CT molecular complexity index is 449. The number of urea groups is 1. The molecule has 18 heavy (non-hydrogen) atoms. The van der Waals surface area contributed by atoms with E-state index in [-0.39, 0.29) is 23.3 Å². The molecule has 1 atom stereocenters. The van der Waals surface area contributed by atoms with E-state index < -0.39 is 11.4 Å². The number of carbonyl (C=O) groups is 3. The van der Waals surface area contributed by atoms with Crippen LogP contribution in [0.1, 0.15) is 46.0 Å². The number of hydrogen-bond acceptors (Lipinski definition) is 3. The highest BCUT2D eigenvalue weighted by molar-refractivity contribution is 6.19. The Morgan fingerprint density at radius 1 is 1.17 bits per heavy atom. The number of rotatable bonds is 1. The number of barbiturate groups is 1. The molecule has 1 aliphatic heterocycles. The Labute approximate surface area is 106 Å². The van der Waals surface area contributed by atoms with Gasteiger partial charge in [-0.05, 0) is 24.7 Å². The summed E-state index contributed by atoms with van der Waals surface area (Å²) in [5.41, 5.74) is -0.959. The quantitative estimate of drug-likeness (QED) is 0.716. The molecule has 98 valence electrons. The summed E-state index contributed by atoms with van der Waals surface area (Å²) in [6, 6.07) is -0.575. The van der Waals surface area contributed by atoms with Gasteiger partial charge in [0.2, 0.25) is 11.8 Å². The minimum Gasteiger partial charge on any atom is -0.277 e. The molecule has 5 heteroatoms. The summed E-state index contributed by atoms with van der Waals surface area (Å²) in [5, 5.41) is 2.38. The first-order chi connectivity index (χ1) is 8.38. The Morgan fingerprint density at radius 3 is 2.22 bits per heavy atom. The first-order valence-corrected chi connectivity index (χ1v) is 6.58. The van der Waals surface area contributed by atoms with Crippen LogP contribution in [0.3, 0.4) is 0 Å². The second kappa shape index (κ2) is 3.33. The maximum Gasteiger partial charge on any atom is 0.331 e. The molecule has 2 aliphatic carbocycles. The highest BCUT2D eigenvalue weighted by atomic mass is 16.2. The van der Waals surface area contributed by atoms with E-state index >= 15 is 0 Å². The van der Waals surface area contributed by atoms with Crippen LogP contribution in [-0.2, 0) is 9.59 Å². The van der Waals surface area contributed by atoms with Crippen LogP contribution < -0.4 is 5.32 Å². The zero-order valence-corrected chi connectivity index (χ0v) is 10.8. The van der Waals surface area contributed by atoms with Gasteiger partial charge in [0, 0.05) is 6.04 Å². The molecule has 3 fully saturated rings. The topological polar surface area (TPSA) is 66.5 Å². The summed E-state index contributed by atoms with van der Waals surface area (Å²) >= 11 is 0. The molecule has 0 aromatic carbocycles. The SMILES string of the molecule is CC1(C)CC1N1C(=O)NC(=O)C2(CCCC2)C1=O. The van der Waals surface area contributed by atoms with E-state index in [2.05, 4.69) is 5.32 Å². The van der Waals surface area contributed by atoms with Crippen molar-refractivity contribution in [2.24, 2.45) is 10.8 Å². The molecule has 0 radical (unpaired) electrons. The molecule has 0 aromatic heterocycles. The zero-order valence-electron chi connectivity index (χ0n) is 10.8. The smallest absolute Gasteiger partial charge is 0.277 e. The van der Waals surface area contributed by atoms with Gasteiger partial charge >= 0.3 is 6.03 Å². The van der Waals surface area contributed by atoms with Crippen molar-refractivity contribution >= 4 is 17.8 Å². The van der Waals surface area contributed by atoms with Crippen LogP contribution in [0.4, 0.5) is 4.79 Å². The van der Waals surface area contributed by atoms with Gasteiger partial charge < -0.3 is 0 Å². The lowest BCUT2D eigenvalue weighted by Gasteiger charge is -2.37. The van der Waals surface area contributed by atoms with Crippen molar-refractivity contribution in [3.05, 3.63) is 0 Å². The predicted molar refractivity (Wildman–Crippen MR) is 63.5 cm³/mol. The number of nitrogens with zero attached hydrogens (tertiary/aromatic N) is 1. The van der Waals surface area contributed by atoms with Crippen LogP contribution in [0.15, 0.2) is 0 Å². The molecule has 0 aromatic rings. The molecule has 4 amide bonds. The molecule has 1 unspecified atom stereocenters. The summed E-state index contributed by atoms with van der Waals surface area (Å²) in [5.74, 6) is -0.644. The third-order valence-corrected chi connectivity index (χ3v) is 4.73. The van der Waals surface area contributed by atoms with Gasteiger partial charge in [0.1, 0.15) is 5.41 Å². The standard InChI is InChI=1S/C13H18N2O3/c1-12(2)7-8(12)15-10(17)13(5-3-4-6-13)9(16)14-11(15)18/h8H,3-7H2,1-2H3,(H,14,16,18). The Hall–Kier alpha value is -1.39. The lowest BCUT2D eigenvalue weighted by atomic mass is 9.82. The van der Waals surface area contributed by atoms with Crippen LogP contribution >= 0.6 is 0 Å². The summed E-state index contributed by atoms with van der Waals surface area (Å²) < 4.78 is 0. The van der Waals surface area contributed by atoms with E-state index in [1.807, 2.05) is 13.8 Å². The molecule has 1 heterocycles. The maximum atomic E-state index is 12.6. The Kier molecular flexibility index (Phi) is 2.17. The highest BCUT2D eigenvalue weighted by Gasteiger charge is 2.62. The largest absolute Gasteiger partial charge is 0.331 e. The van der Waals surface area contributed by atoms with Crippen molar-refractivity contribution in [1.29, 1.82) is 0 Å². The van der Waals surface area contributed by atoms with Gasteiger partial charge in [0.05, 0.1) is 0 Å². The average Bonchev–Trinajstić information content (AvgIpc) is 2.76. The fraction of sp³-hybridized carbons (Fsp3) is 0.769. The number of carbonyl (C=O) groups excluding carboxylic acids is 3. The van der Waals surface area contributed by atoms with Crippen LogP contribution in [-0.4, -0.2) is 28.8 Å². The van der Waals surface area contributed by atoms with Crippen LogP contribution in [0, 0.1) is 10.8 Å². The van der Waals surface area contributed by atoms with E-state index in [1.54, 1.807) is 0 Å². The second-order valence-electron chi connectivity index (χ2n) is 6.43. The number of hydrogen-bond donors (Lipinski definition) is 1. The second-order valence-corrected chi connectivity index (χ2v) is 6.43. The van der Waals surface area contributed by atoms with Crippen molar-refractivity contribution in [1.82, 2.24) is 10.2 Å². The molecule has 0 bridgehead atoms. The van der Waals surface area contributed by atoms with E-state index in [9.17, 15) is 14.4 Å². The monoisotopic (exact) mass is 250 g/mol. The highest BCUT2D eigenvalue weighted by Crippen LogP contribution is 2.52. The molecular formula is C13H18N2O3. The van der Waals surface area contributed by atoms with Crippen LogP contribution in [0.5, 0.6) is 0 Å².